The van der Waals surface area contributed by atoms with Crippen molar-refractivity contribution in [3.63, 3.8) is 0 Å². The molecule has 4 heteroatoms. The van der Waals surface area contributed by atoms with Gasteiger partial charge in [-0.25, -0.2) is 4.79 Å². The van der Waals surface area contributed by atoms with E-state index in [0.717, 1.165) is 5.56 Å². The van der Waals surface area contributed by atoms with Crippen LogP contribution in [-0.4, -0.2) is 24.5 Å². The molecule has 0 spiro atoms. The predicted molar refractivity (Wildman–Crippen MR) is 54.0 cm³/mol. The number of methoxy groups -OCH3 is 1. The summed E-state index contributed by atoms with van der Waals surface area (Å²) < 4.78 is 4.50. The molecule has 4 nitrogen and oxygen atoms in total. The number of aromatic hydroxyl groups is 1. The van der Waals surface area contributed by atoms with E-state index in [1.54, 1.807) is 13.0 Å². The summed E-state index contributed by atoms with van der Waals surface area (Å²) in [5.74, 6) is -0.784. The van der Waals surface area contributed by atoms with E-state index in [9.17, 15) is 14.7 Å². The van der Waals surface area contributed by atoms with Crippen LogP contribution in [0.5, 0.6) is 5.75 Å². The summed E-state index contributed by atoms with van der Waals surface area (Å²) >= 11 is 0. The van der Waals surface area contributed by atoms with Crippen LogP contribution in [0.4, 0.5) is 0 Å². The van der Waals surface area contributed by atoms with E-state index in [2.05, 4.69) is 4.74 Å². The van der Waals surface area contributed by atoms with Crippen LogP contribution in [-0.2, 0) is 16.0 Å². The summed E-state index contributed by atoms with van der Waals surface area (Å²) in [6.45, 7) is 1.76. The zero-order valence-corrected chi connectivity index (χ0v) is 8.61. The molecule has 0 fully saturated rings. The number of phenolic OH excluding ortho intramolecular Hbond substituents is 1. The molecule has 0 amide bonds. The van der Waals surface area contributed by atoms with E-state index in [1.165, 1.54) is 13.2 Å². The van der Waals surface area contributed by atoms with E-state index in [4.69, 9.17) is 0 Å². The average molecular weight is 208 g/mol. The molecule has 0 saturated heterocycles. The molecule has 0 atom stereocenters. The van der Waals surface area contributed by atoms with Crippen molar-refractivity contribution in [2.75, 3.05) is 7.11 Å². The largest absolute Gasteiger partial charge is 0.507 e. The molecule has 0 radical (unpaired) electrons. The summed E-state index contributed by atoms with van der Waals surface area (Å²) in [6.07, 6.45) is 0.769. The molecule has 0 aromatic heterocycles. The fraction of sp³-hybridized carbons (Fsp3) is 0.273. The van der Waals surface area contributed by atoms with Crippen molar-refractivity contribution < 1.29 is 19.4 Å². The molecule has 1 rings (SSSR count). The molecule has 0 unspecified atom stereocenters. The number of benzene rings is 1. The number of hydrogen-bond acceptors (Lipinski definition) is 4. The summed E-state index contributed by atoms with van der Waals surface area (Å²) in [7, 11) is 1.24. The van der Waals surface area contributed by atoms with Gasteiger partial charge in [-0.15, -0.1) is 0 Å². The quantitative estimate of drug-likeness (QED) is 0.599. The predicted octanol–water partition coefficient (Wildman–Crippen LogP) is 1.23. The van der Waals surface area contributed by atoms with Gasteiger partial charge in [-0.1, -0.05) is 6.07 Å². The number of carbonyl (C=O) groups excluding carboxylic acids is 2. The summed E-state index contributed by atoms with van der Waals surface area (Å²) in [5, 5.41) is 9.74. The first-order chi connectivity index (χ1) is 7.11. The Kier molecular flexibility index (Phi) is 3.44. The molecule has 0 saturated carbocycles. The Labute approximate surface area is 87.5 Å². The van der Waals surface area contributed by atoms with Gasteiger partial charge in [0.05, 0.1) is 7.11 Å². The Balaban J connectivity index is 3.27. The van der Waals surface area contributed by atoms with Crippen LogP contribution in [0.3, 0.4) is 0 Å². The minimum absolute atomic E-state index is 0.0833. The summed E-state index contributed by atoms with van der Waals surface area (Å²) in [6, 6.07) is 3.15. The Bertz CT molecular complexity index is 396. The standard InChI is InChI=1S/C11H12O4/c1-7-3-4-9(11(14)15-2)10(13)8(7)5-6-12/h3-4,6,13H,5H2,1-2H3. The SMILES string of the molecule is COC(=O)c1ccc(C)c(CC=O)c1O. The lowest BCUT2D eigenvalue weighted by molar-refractivity contribution is -0.107. The van der Waals surface area contributed by atoms with Gasteiger partial charge in [0.15, 0.2) is 0 Å². The van der Waals surface area contributed by atoms with Crippen molar-refractivity contribution in [2.45, 2.75) is 13.3 Å². The van der Waals surface area contributed by atoms with Crippen molar-refractivity contribution >= 4 is 12.3 Å². The van der Waals surface area contributed by atoms with Crippen molar-refractivity contribution in [2.24, 2.45) is 0 Å². The van der Waals surface area contributed by atoms with Crippen LogP contribution in [0.25, 0.3) is 0 Å². The molecule has 1 N–H and O–H groups in total. The van der Waals surface area contributed by atoms with E-state index in [1.807, 2.05) is 0 Å². The third kappa shape index (κ3) is 2.15. The first kappa shape index (κ1) is 11.2. The molecule has 0 heterocycles. The number of hydrogen-bond donors (Lipinski definition) is 1. The lowest BCUT2D eigenvalue weighted by atomic mass is 10.0. The van der Waals surface area contributed by atoms with Crippen molar-refractivity contribution in [3.8, 4) is 5.75 Å². The van der Waals surface area contributed by atoms with Gasteiger partial charge in [0.1, 0.15) is 17.6 Å². The number of esters is 1. The molecule has 1 aromatic rings. The zero-order valence-electron chi connectivity index (χ0n) is 8.61. The molecule has 0 bridgehead atoms. The van der Waals surface area contributed by atoms with Crippen molar-refractivity contribution in [1.82, 2.24) is 0 Å². The van der Waals surface area contributed by atoms with Gasteiger partial charge in [-0.3, -0.25) is 0 Å². The van der Waals surface area contributed by atoms with Gasteiger partial charge in [-0.2, -0.15) is 0 Å². The number of aldehydes is 1. The molecule has 0 aliphatic rings. The Morgan fingerprint density at radius 2 is 2.20 bits per heavy atom. The Morgan fingerprint density at radius 3 is 2.73 bits per heavy atom. The van der Waals surface area contributed by atoms with Crippen LogP contribution in [0.1, 0.15) is 21.5 Å². The Morgan fingerprint density at radius 1 is 1.53 bits per heavy atom. The van der Waals surface area contributed by atoms with E-state index >= 15 is 0 Å². The van der Waals surface area contributed by atoms with Crippen LogP contribution in [0.15, 0.2) is 12.1 Å². The highest BCUT2D eigenvalue weighted by molar-refractivity contribution is 5.93. The molecule has 15 heavy (non-hydrogen) atoms. The minimum Gasteiger partial charge on any atom is -0.507 e. The van der Waals surface area contributed by atoms with Crippen LogP contribution in [0, 0.1) is 6.92 Å². The molecule has 0 aliphatic heterocycles. The van der Waals surface area contributed by atoms with E-state index in [0.29, 0.717) is 11.8 Å². The fourth-order valence-corrected chi connectivity index (χ4v) is 1.35. The minimum atomic E-state index is -0.611. The number of carbonyl (C=O) groups is 2. The average Bonchev–Trinajstić information content (AvgIpc) is 2.23. The van der Waals surface area contributed by atoms with Gasteiger partial charge in [0.2, 0.25) is 0 Å². The maximum absolute atomic E-state index is 11.2. The monoisotopic (exact) mass is 208 g/mol. The molecule has 80 valence electrons. The summed E-state index contributed by atoms with van der Waals surface area (Å²) in [4.78, 5) is 21.6. The number of aryl methyl sites for hydroxylation is 1. The van der Waals surface area contributed by atoms with Gasteiger partial charge in [0.25, 0.3) is 0 Å². The molecular formula is C11H12O4. The van der Waals surface area contributed by atoms with Gasteiger partial charge < -0.3 is 14.6 Å². The third-order valence-electron chi connectivity index (χ3n) is 2.21. The van der Waals surface area contributed by atoms with E-state index < -0.39 is 5.97 Å². The van der Waals surface area contributed by atoms with Crippen LogP contribution >= 0.6 is 0 Å². The van der Waals surface area contributed by atoms with Gasteiger partial charge in [-0.05, 0) is 18.6 Å². The lowest BCUT2D eigenvalue weighted by Gasteiger charge is -2.09. The highest BCUT2D eigenvalue weighted by Crippen LogP contribution is 2.26. The topological polar surface area (TPSA) is 63.6 Å². The Hall–Kier alpha value is -1.84. The van der Waals surface area contributed by atoms with Crippen molar-refractivity contribution in [1.29, 1.82) is 0 Å². The molecule has 0 aliphatic carbocycles. The first-order valence-corrected chi connectivity index (χ1v) is 4.45. The smallest absolute Gasteiger partial charge is 0.341 e. The third-order valence-corrected chi connectivity index (χ3v) is 2.21. The highest BCUT2D eigenvalue weighted by atomic mass is 16.5. The number of rotatable bonds is 3. The first-order valence-electron chi connectivity index (χ1n) is 4.45. The number of phenols is 1. The van der Waals surface area contributed by atoms with Gasteiger partial charge >= 0.3 is 5.97 Å². The number of ether oxygens (including phenoxy) is 1. The van der Waals surface area contributed by atoms with Crippen LogP contribution in [0.2, 0.25) is 0 Å². The molecular weight excluding hydrogens is 196 g/mol. The normalized spacial score (nSPS) is 9.73. The lowest BCUT2D eigenvalue weighted by Crippen LogP contribution is -2.04. The second-order valence-electron chi connectivity index (χ2n) is 3.12. The van der Waals surface area contributed by atoms with E-state index in [-0.39, 0.29) is 17.7 Å². The van der Waals surface area contributed by atoms with Crippen molar-refractivity contribution in [3.05, 3.63) is 28.8 Å². The van der Waals surface area contributed by atoms with Gasteiger partial charge in [0, 0.05) is 12.0 Å². The second-order valence-corrected chi connectivity index (χ2v) is 3.12. The highest BCUT2D eigenvalue weighted by Gasteiger charge is 2.15. The zero-order chi connectivity index (χ0) is 11.4. The summed E-state index contributed by atoms with van der Waals surface area (Å²) in [5.41, 5.74) is 1.32. The maximum Gasteiger partial charge on any atom is 0.341 e. The second kappa shape index (κ2) is 4.59. The maximum atomic E-state index is 11.2. The van der Waals surface area contributed by atoms with Crippen LogP contribution < -0.4 is 0 Å². The fourth-order valence-electron chi connectivity index (χ4n) is 1.35. The molecule has 1 aromatic carbocycles.